The Balaban J connectivity index is 2.09. The summed E-state index contributed by atoms with van der Waals surface area (Å²) in [7, 11) is 3.22. The molecule has 0 amide bonds. The zero-order valence-electron chi connectivity index (χ0n) is 12.5. The Bertz CT molecular complexity index is 579. The molecule has 2 rings (SSSR count). The van der Waals surface area contributed by atoms with Gasteiger partial charge in [-0.1, -0.05) is 18.2 Å². The second-order valence-electron chi connectivity index (χ2n) is 4.94. The van der Waals surface area contributed by atoms with Gasteiger partial charge in [0.15, 0.2) is 0 Å². The van der Waals surface area contributed by atoms with Crippen LogP contribution in [-0.2, 0) is 6.42 Å². The summed E-state index contributed by atoms with van der Waals surface area (Å²) in [6.45, 7) is 2.01. The zero-order valence-corrected chi connectivity index (χ0v) is 12.5. The number of methoxy groups -OCH3 is 2. The molecule has 1 atom stereocenters. The van der Waals surface area contributed by atoms with Gasteiger partial charge in [0, 0.05) is 29.9 Å². The Morgan fingerprint density at radius 2 is 1.67 bits per heavy atom. The van der Waals surface area contributed by atoms with Gasteiger partial charge >= 0.3 is 0 Å². The molecule has 0 heterocycles. The van der Waals surface area contributed by atoms with Crippen LogP contribution < -0.4 is 14.8 Å². The molecule has 0 aliphatic carbocycles. The van der Waals surface area contributed by atoms with Crippen LogP contribution >= 0.6 is 0 Å². The molecule has 1 N–H and O–H groups in total. The van der Waals surface area contributed by atoms with Gasteiger partial charge in [-0.15, -0.1) is 0 Å². The highest BCUT2D eigenvalue weighted by Gasteiger charge is 2.09. The molecular weight excluding hydrogens is 269 g/mol. The predicted molar refractivity (Wildman–Crippen MR) is 82.7 cm³/mol. The molecule has 0 aliphatic rings. The standard InChI is InChI=1S/C17H20FNO2/c1-12(8-13-6-4-5-7-17(13)18)19-14-9-15(20-2)11-16(10-14)21-3/h4-7,9-12,19H,8H2,1-3H3. The number of nitrogens with one attached hydrogen (secondary N) is 1. The molecule has 0 bridgehead atoms. The molecule has 1 unspecified atom stereocenters. The van der Waals surface area contributed by atoms with Crippen molar-refractivity contribution in [3.05, 3.63) is 53.8 Å². The molecule has 0 fully saturated rings. The lowest BCUT2D eigenvalue weighted by Crippen LogP contribution is -2.18. The highest BCUT2D eigenvalue weighted by atomic mass is 19.1. The summed E-state index contributed by atoms with van der Waals surface area (Å²) >= 11 is 0. The molecule has 0 aliphatic heterocycles. The van der Waals surface area contributed by atoms with Crippen molar-refractivity contribution in [3.63, 3.8) is 0 Å². The van der Waals surface area contributed by atoms with Crippen molar-refractivity contribution >= 4 is 5.69 Å². The summed E-state index contributed by atoms with van der Waals surface area (Å²) in [5.41, 5.74) is 1.59. The summed E-state index contributed by atoms with van der Waals surface area (Å²) in [5, 5.41) is 3.34. The number of ether oxygens (including phenoxy) is 2. The van der Waals surface area contributed by atoms with Crippen LogP contribution in [0.15, 0.2) is 42.5 Å². The third-order valence-electron chi connectivity index (χ3n) is 3.25. The second kappa shape index (κ2) is 6.97. The Hall–Kier alpha value is -2.23. The fourth-order valence-electron chi connectivity index (χ4n) is 2.22. The first kappa shape index (κ1) is 15.2. The van der Waals surface area contributed by atoms with Crippen molar-refractivity contribution in [3.8, 4) is 11.5 Å². The first-order valence-corrected chi connectivity index (χ1v) is 6.85. The van der Waals surface area contributed by atoms with Crippen LogP contribution in [0.1, 0.15) is 12.5 Å². The molecule has 0 aromatic heterocycles. The van der Waals surface area contributed by atoms with E-state index in [0.717, 1.165) is 17.2 Å². The van der Waals surface area contributed by atoms with Gasteiger partial charge in [-0.05, 0) is 25.0 Å². The topological polar surface area (TPSA) is 30.5 Å². The van der Waals surface area contributed by atoms with Crippen LogP contribution in [0.3, 0.4) is 0 Å². The first-order valence-electron chi connectivity index (χ1n) is 6.85. The van der Waals surface area contributed by atoms with E-state index in [1.165, 1.54) is 6.07 Å². The number of benzene rings is 2. The summed E-state index contributed by atoms with van der Waals surface area (Å²) < 4.78 is 24.1. The van der Waals surface area contributed by atoms with Crippen LogP contribution in [-0.4, -0.2) is 20.3 Å². The molecule has 2 aromatic rings. The number of halogens is 1. The molecule has 0 saturated carbocycles. The van der Waals surface area contributed by atoms with E-state index < -0.39 is 0 Å². The third-order valence-corrected chi connectivity index (χ3v) is 3.25. The van der Waals surface area contributed by atoms with Gasteiger partial charge < -0.3 is 14.8 Å². The van der Waals surface area contributed by atoms with E-state index in [4.69, 9.17) is 9.47 Å². The van der Waals surface area contributed by atoms with Gasteiger partial charge in [0.05, 0.1) is 14.2 Å². The van der Waals surface area contributed by atoms with Gasteiger partial charge in [0.25, 0.3) is 0 Å². The molecule has 2 aromatic carbocycles. The highest BCUT2D eigenvalue weighted by Crippen LogP contribution is 2.26. The summed E-state index contributed by atoms with van der Waals surface area (Å²) in [5.74, 6) is 1.26. The van der Waals surface area contributed by atoms with Crippen molar-refractivity contribution in [2.24, 2.45) is 0 Å². The van der Waals surface area contributed by atoms with E-state index in [2.05, 4.69) is 5.32 Å². The van der Waals surface area contributed by atoms with E-state index in [-0.39, 0.29) is 11.9 Å². The molecule has 21 heavy (non-hydrogen) atoms. The van der Waals surface area contributed by atoms with E-state index in [1.54, 1.807) is 26.4 Å². The van der Waals surface area contributed by atoms with E-state index >= 15 is 0 Å². The Labute approximate surface area is 124 Å². The lowest BCUT2D eigenvalue weighted by molar-refractivity contribution is 0.394. The monoisotopic (exact) mass is 289 g/mol. The van der Waals surface area contributed by atoms with Crippen LogP contribution in [0.5, 0.6) is 11.5 Å². The normalized spacial score (nSPS) is 11.8. The predicted octanol–water partition coefficient (Wildman–Crippen LogP) is 3.89. The fourth-order valence-corrected chi connectivity index (χ4v) is 2.22. The van der Waals surface area contributed by atoms with Crippen LogP contribution in [0.4, 0.5) is 10.1 Å². The summed E-state index contributed by atoms with van der Waals surface area (Å²) in [4.78, 5) is 0. The van der Waals surface area contributed by atoms with Crippen molar-refractivity contribution in [2.45, 2.75) is 19.4 Å². The maximum Gasteiger partial charge on any atom is 0.126 e. The lowest BCUT2D eigenvalue weighted by atomic mass is 10.1. The van der Waals surface area contributed by atoms with Crippen molar-refractivity contribution in [1.29, 1.82) is 0 Å². The molecule has 112 valence electrons. The minimum absolute atomic E-state index is 0.0821. The zero-order chi connectivity index (χ0) is 15.2. The summed E-state index contributed by atoms with van der Waals surface area (Å²) in [6.07, 6.45) is 0.603. The summed E-state index contributed by atoms with van der Waals surface area (Å²) in [6, 6.07) is 12.5. The van der Waals surface area contributed by atoms with Gasteiger partial charge in [-0.25, -0.2) is 4.39 Å². The largest absolute Gasteiger partial charge is 0.497 e. The quantitative estimate of drug-likeness (QED) is 0.875. The minimum Gasteiger partial charge on any atom is -0.497 e. The van der Waals surface area contributed by atoms with Gasteiger partial charge in [-0.3, -0.25) is 0 Å². The Kier molecular flexibility index (Phi) is 5.04. The lowest BCUT2D eigenvalue weighted by Gasteiger charge is -2.17. The number of anilines is 1. The van der Waals surface area contributed by atoms with Gasteiger partial charge in [0.2, 0.25) is 0 Å². The fraction of sp³-hybridized carbons (Fsp3) is 0.294. The first-order chi connectivity index (χ1) is 10.1. The van der Waals surface area contributed by atoms with Crippen molar-refractivity contribution in [1.82, 2.24) is 0 Å². The highest BCUT2D eigenvalue weighted by molar-refractivity contribution is 5.54. The van der Waals surface area contributed by atoms with Crippen LogP contribution in [0.2, 0.25) is 0 Å². The molecule has 0 spiro atoms. The van der Waals surface area contributed by atoms with E-state index in [1.807, 2.05) is 31.2 Å². The number of hydrogen-bond acceptors (Lipinski definition) is 3. The van der Waals surface area contributed by atoms with E-state index in [9.17, 15) is 4.39 Å². The van der Waals surface area contributed by atoms with Gasteiger partial charge in [0.1, 0.15) is 17.3 Å². The average Bonchev–Trinajstić information content (AvgIpc) is 2.49. The SMILES string of the molecule is COc1cc(NC(C)Cc2ccccc2F)cc(OC)c1. The number of hydrogen-bond donors (Lipinski definition) is 1. The minimum atomic E-state index is -0.172. The van der Waals surface area contributed by atoms with E-state index in [0.29, 0.717) is 12.0 Å². The maximum absolute atomic E-state index is 13.7. The third kappa shape index (κ3) is 4.12. The van der Waals surface area contributed by atoms with Crippen molar-refractivity contribution in [2.75, 3.05) is 19.5 Å². The molecular formula is C17H20FNO2. The number of rotatable bonds is 6. The smallest absolute Gasteiger partial charge is 0.126 e. The van der Waals surface area contributed by atoms with Gasteiger partial charge in [-0.2, -0.15) is 0 Å². The van der Waals surface area contributed by atoms with Crippen LogP contribution in [0.25, 0.3) is 0 Å². The average molecular weight is 289 g/mol. The molecule has 3 nitrogen and oxygen atoms in total. The van der Waals surface area contributed by atoms with Crippen LogP contribution in [0, 0.1) is 5.82 Å². The molecule has 0 radical (unpaired) electrons. The second-order valence-corrected chi connectivity index (χ2v) is 4.94. The molecule has 4 heteroatoms. The maximum atomic E-state index is 13.7. The Morgan fingerprint density at radius 3 is 2.24 bits per heavy atom. The Morgan fingerprint density at radius 1 is 1.05 bits per heavy atom. The van der Waals surface area contributed by atoms with Crippen molar-refractivity contribution < 1.29 is 13.9 Å². The molecule has 0 saturated heterocycles.